The molecule has 1 aliphatic rings. The van der Waals surface area contributed by atoms with Crippen molar-refractivity contribution in [1.82, 2.24) is 15.3 Å². The Kier molecular flexibility index (Phi) is 2.76. The highest BCUT2D eigenvalue weighted by atomic mass is 16.4. The van der Waals surface area contributed by atoms with Crippen LogP contribution in [0.1, 0.15) is 18.2 Å². The molecule has 1 saturated heterocycles. The Hall–Kier alpha value is -0.975. The van der Waals surface area contributed by atoms with Gasteiger partial charge in [0.1, 0.15) is 5.82 Å². The minimum absolute atomic E-state index is 0.333. The van der Waals surface area contributed by atoms with E-state index in [4.69, 9.17) is 10.0 Å². The van der Waals surface area contributed by atoms with Gasteiger partial charge in [0.2, 0.25) is 0 Å². The quantitative estimate of drug-likeness (QED) is 0.484. The van der Waals surface area contributed by atoms with E-state index in [0.29, 0.717) is 11.4 Å². The van der Waals surface area contributed by atoms with Gasteiger partial charge in [-0.25, -0.2) is 9.97 Å². The summed E-state index contributed by atoms with van der Waals surface area (Å²) in [4.78, 5) is 8.22. The monoisotopic (exact) mass is 193 g/mol. The Morgan fingerprint density at radius 3 is 2.57 bits per heavy atom. The van der Waals surface area contributed by atoms with Gasteiger partial charge in [-0.2, -0.15) is 0 Å². The van der Waals surface area contributed by atoms with Gasteiger partial charge in [0.25, 0.3) is 0 Å². The van der Waals surface area contributed by atoms with Gasteiger partial charge in [-0.1, -0.05) is 0 Å². The molecule has 0 amide bonds. The second-order valence-corrected chi connectivity index (χ2v) is 3.44. The van der Waals surface area contributed by atoms with E-state index < -0.39 is 7.12 Å². The molecule has 1 fully saturated rings. The molecule has 3 N–H and O–H groups in total. The van der Waals surface area contributed by atoms with Gasteiger partial charge in [0.05, 0.1) is 0 Å². The van der Waals surface area contributed by atoms with Crippen molar-refractivity contribution >= 4 is 12.6 Å². The highest BCUT2D eigenvalue weighted by molar-refractivity contribution is 6.58. The lowest BCUT2D eigenvalue weighted by molar-refractivity contribution is 0.425. The molecule has 14 heavy (non-hydrogen) atoms. The molecule has 1 aromatic rings. The minimum Gasteiger partial charge on any atom is -0.423 e. The van der Waals surface area contributed by atoms with Gasteiger partial charge in [-0.3, -0.25) is 0 Å². The molecule has 0 spiro atoms. The SMILES string of the molecule is OB(O)c1cnc(C2CCNC2)nc1. The lowest BCUT2D eigenvalue weighted by Crippen LogP contribution is -2.31. The fourth-order valence-electron chi connectivity index (χ4n) is 1.57. The Bertz CT molecular complexity index is 298. The van der Waals surface area contributed by atoms with E-state index in [1.54, 1.807) is 0 Å². The summed E-state index contributed by atoms with van der Waals surface area (Å²) in [6, 6.07) is 0. The van der Waals surface area contributed by atoms with Crippen LogP contribution in [0.4, 0.5) is 0 Å². The summed E-state index contributed by atoms with van der Waals surface area (Å²) in [5.74, 6) is 1.14. The standard InChI is InChI=1S/C8H12BN3O2/c13-9(14)7-4-11-8(12-5-7)6-1-2-10-3-6/h4-6,10,13-14H,1-3H2. The summed E-state index contributed by atoms with van der Waals surface area (Å²) in [6.07, 6.45) is 3.97. The van der Waals surface area contributed by atoms with Crippen LogP contribution in [0.2, 0.25) is 0 Å². The van der Waals surface area contributed by atoms with E-state index in [-0.39, 0.29) is 0 Å². The molecular weight excluding hydrogens is 181 g/mol. The summed E-state index contributed by atoms with van der Waals surface area (Å²) >= 11 is 0. The van der Waals surface area contributed by atoms with Gasteiger partial charge < -0.3 is 15.4 Å². The minimum atomic E-state index is -1.48. The molecule has 2 rings (SSSR count). The molecular formula is C8H12BN3O2. The van der Waals surface area contributed by atoms with E-state index >= 15 is 0 Å². The number of rotatable bonds is 2. The van der Waals surface area contributed by atoms with Gasteiger partial charge in [-0.05, 0) is 13.0 Å². The third-order valence-electron chi connectivity index (χ3n) is 2.42. The lowest BCUT2D eigenvalue weighted by Gasteiger charge is -2.06. The van der Waals surface area contributed by atoms with Crippen LogP contribution in [-0.4, -0.2) is 40.2 Å². The molecule has 0 aliphatic carbocycles. The van der Waals surface area contributed by atoms with Crippen LogP contribution in [0.3, 0.4) is 0 Å². The van der Waals surface area contributed by atoms with Crippen molar-refractivity contribution in [3.8, 4) is 0 Å². The summed E-state index contributed by atoms with van der Waals surface area (Å²) in [5.41, 5.74) is 0.333. The first-order valence-electron chi connectivity index (χ1n) is 4.66. The van der Waals surface area contributed by atoms with Crippen LogP contribution >= 0.6 is 0 Å². The second-order valence-electron chi connectivity index (χ2n) is 3.44. The van der Waals surface area contributed by atoms with Gasteiger partial charge >= 0.3 is 7.12 Å². The first-order chi connectivity index (χ1) is 6.77. The van der Waals surface area contributed by atoms with E-state index in [1.165, 1.54) is 12.4 Å². The molecule has 6 heteroatoms. The van der Waals surface area contributed by atoms with Crippen molar-refractivity contribution in [2.45, 2.75) is 12.3 Å². The van der Waals surface area contributed by atoms with Crippen LogP contribution in [0.25, 0.3) is 0 Å². The summed E-state index contributed by atoms with van der Waals surface area (Å²) in [5, 5.41) is 20.9. The number of hydrogen-bond acceptors (Lipinski definition) is 5. The van der Waals surface area contributed by atoms with Gasteiger partial charge in [-0.15, -0.1) is 0 Å². The Morgan fingerprint density at radius 1 is 1.36 bits per heavy atom. The second kappa shape index (κ2) is 4.04. The molecule has 5 nitrogen and oxygen atoms in total. The predicted molar refractivity (Wildman–Crippen MR) is 52.1 cm³/mol. The zero-order chi connectivity index (χ0) is 9.97. The average Bonchev–Trinajstić information content (AvgIpc) is 2.71. The number of hydrogen-bond donors (Lipinski definition) is 3. The molecule has 1 atom stereocenters. The normalized spacial score (nSPS) is 21.1. The number of nitrogens with one attached hydrogen (secondary N) is 1. The van der Waals surface area contributed by atoms with Crippen molar-refractivity contribution in [3.63, 3.8) is 0 Å². The van der Waals surface area contributed by atoms with Crippen molar-refractivity contribution in [3.05, 3.63) is 18.2 Å². The summed E-state index contributed by atoms with van der Waals surface area (Å²) < 4.78 is 0. The van der Waals surface area contributed by atoms with Gasteiger partial charge in [0.15, 0.2) is 0 Å². The molecule has 1 aliphatic heterocycles. The zero-order valence-electron chi connectivity index (χ0n) is 7.72. The Labute approximate surface area is 82.4 Å². The van der Waals surface area contributed by atoms with Gasteiger partial charge in [0, 0.05) is 30.3 Å². The zero-order valence-corrected chi connectivity index (χ0v) is 7.72. The molecule has 1 aromatic heterocycles. The Balaban J connectivity index is 2.12. The third kappa shape index (κ3) is 1.92. The largest absolute Gasteiger partial charge is 0.491 e. The summed E-state index contributed by atoms with van der Waals surface area (Å²) in [6.45, 7) is 1.90. The van der Waals surface area contributed by atoms with Crippen LogP contribution in [0.5, 0.6) is 0 Å². The molecule has 2 heterocycles. The van der Waals surface area contributed by atoms with E-state index in [1.807, 2.05) is 0 Å². The fourth-order valence-corrected chi connectivity index (χ4v) is 1.57. The maximum absolute atomic E-state index is 8.84. The van der Waals surface area contributed by atoms with Crippen molar-refractivity contribution < 1.29 is 10.0 Å². The van der Waals surface area contributed by atoms with E-state index in [9.17, 15) is 0 Å². The van der Waals surface area contributed by atoms with Crippen LogP contribution < -0.4 is 10.8 Å². The van der Waals surface area contributed by atoms with Crippen LogP contribution in [0.15, 0.2) is 12.4 Å². The maximum Gasteiger partial charge on any atom is 0.491 e. The number of aromatic nitrogens is 2. The molecule has 0 radical (unpaired) electrons. The molecule has 0 aromatic carbocycles. The molecule has 74 valence electrons. The summed E-state index contributed by atoms with van der Waals surface area (Å²) in [7, 11) is -1.48. The predicted octanol–water partition coefficient (Wildman–Crippen LogP) is -1.77. The number of nitrogens with zero attached hydrogens (tertiary/aromatic N) is 2. The van der Waals surface area contributed by atoms with Crippen LogP contribution in [-0.2, 0) is 0 Å². The molecule has 0 saturated carbocycles. The highest BCUT2D eigenvalue weighted by Gasteiger charge is 2.20. The average molecular weight is 193 g/mol. The molecule has 0 bridgehead atoms. The fraction of sp³-hybridized carbons (Fsp3) is 0.500. The topological polar surface area (TPSA) is 78.3 Å². The third-order valence-corrected chi connectivity index (χ3v) is 2.42. The van der Waals surface area contributed by atoms with E-state index in [2.05, 4.69) is 15.3 Å². The smallest absolute Gasteiger partial charge is 0.423 e. The highest BCUT2D eigenvalue weighted by Crippen LogP contribution is 2.16. The lowest BCUT2D eigenvalue weighted by atomic mass is 9.83. The van der Waals surface area contributed by atoms with E-state index in [0.717, 1.165) is 25.3 Å². The Morgan fingerprint density at radius 2 is 2.07 bits per heavy atom. The van der Waals surface area contributed by atoms with Crippen molar-refractivity contribution in [1.29, 1.82) is 0 Å². The first kappa shape index (κ1) is 9.58. The van der Waals surface area contributed by atoms with Crippen molar-refractivity contribution in [2.75, 3.05) is 13.1 Å². The maximum atomic E-state index is 8.84. The van der Waals surface area contributed by atoms with Crippen LogP contribution in [0, 0.1) is 0 Å². The first-order valence-corrected chi connectivity index (χ1v) is 4.66. The van der Waals surface area contributed by atoms with Crippen molar-refractivity contribution in [2.24, 2.45) is 0 Å². The molecule has 1 unspecified atom stereocenters.